The highest BCUT2D eigenvalue weighted by Gasteiger charge is 2.22. The number of amides is 1. The van der Waals surface area contributed by atoms with Gasteiger partial charge in [-0.15, -0.1) is 0 Å². The first-order chi connectivity index (χ1) is 13.0. The zero-order chi connectivity index (χ0) is 19.4. The van der Waals surface area contributed by atoms with E-state index >= 15 is 0 Å². The summed E-state index contributed by atoms with van der Waals surface area (Å²) in [5.41, 5.74) is 2.76. The highest BCUT2D eigenvalue weighted by molar-refractivity contribution is 6.34. The highest BCUT2D eigenvalue weighted by atomic mass is 35.5. The number of hydrogen-bond donors (Lipinski definition) is 1. The molecule has 1 atom stereocenters. The van der Waals surface area contributed by atoms with Gasteiger partial charge in [0.25, 0.3) is 11.6 Å². The molecule has 3 aromatic carbocycles. The van der Waals surface area contributed by atoms with Gasteiger partial charge in [-0.1, -0.05) is 66.2 Å². The molecule has 0 aliphatic rings. The first-order valence-electron chi connectivity index (χ1n) is 8.32. The molecular formula is C21H17ClN2O3. The van der Waals surface area contributed by atoms with Crippen LogP contribution in [0.2, 0.25) is 5.02 Å². The Bertz CT molecular complexity index is 990. The van der Waals surface area contributed by atoms with E-state index in [1.807, 2.05) is 61.5 Å². The van der Waals surface area contributed by atoms with Crippen LogP contribution in [0.15, 0.2) is 72.8 Å². The molecule has 0 spiro atoms. The molecule has 0 fully saturated rings. The fraction of sp³-hybridized carbons (Fsp3) is 0.0952. The van der Waals surface area contributed by atoms with E-state index in [9.17, 15) is 14.9 Å². The molecule has 0 bridgehead atoms. The van der Waals surface area contributed by atoms with Crippen molar-refractivity contribution in [3.63, 3.8) is 0 Å². The predicted molar refractivity (Wildman–Crippen MR) is 105 cm³/mol. The van der Waals surface area contributed by atoms with Crippen molar-refractivity contribution in [3.8, 4) is 0 Å². The SMILES string of the molecule is Cc1ccccc1[C@@H](NC(=O)c1cc([N+](=O)[O-])ccc1Cl)c1ccccc1. The second-order valence-corrected chi connectivity index (χ2v) is 6.50. The normalized spacial score (nSPS) is 11.6. The number of benzene rings is 3. The lowest BCUT2D eigenvalue weighted by molar-refractivity contribution is -0.384. The molecule has 0 aromatic heterocycles. The lowest BCUT2D eigenvalue weighted by atomic mass is 9.94. The van der Waals surface area contributed by atoms with Crippen LogP contribution in [0.5, 0.6) is 0 Å². The van der Waals surface area contributed by atoms with Crippen molar-refractivity contribution in [2.45, 2.75) is 13.0 Å². The zero-order valence-electron chi connectivity index (χ0n) is 14.6. The van der Waals surface area contributed by atoms with Crippen LogP contribution in [-0.4, -0.2) is 10.8 Å². The molecule has 0 aliphatic heterocycles. The molecular weight excluding hydrogens is 364 g/mol. The molecule has 6 heteroatoms. The van der Waals surface area contributed by atoms with Gasteiger partial charge in [-0.3, -0.25) is 14.9 Å². The summed E-state index contributed by atoms with van der Waals surface area (Å²) in [4.78, 5) is 23.4. The highest BCUT2D eigenvalue weighted by Crippen LogP contribution is 2.27. The molecule has 3 aromatic rings. The Kier molecular flexibility index (Phi) is 5.52. The summed E-state index contributed by atoms with van der Waals surface area (Å²) in [5.74, 6) is -0.471. The first-order valence-corrected chi connectivity index (χ1v) is 8.70. The molecule has 1 amide bonds. The maximum Gasteiger partial charge on any atom is 0.270 e. The van der Waals surface area contributed by atoms with Crippen LogP contribution < -0.4 is 5.32 Å². The summed E-state index contributed by atoms with van der Waals surface area (Å²) in [5, 5.41) is 14.2. The number of non-ortho nitro benzene ring substituents is 1. The van der Waals surface area contributed by atoms with E-state index in [1.165, 1.54) is 18.2 Å². The molecule has 27 heavy (non-hydrogen) atoms. The number of nitrogens with zero attached hydrogens (tertiary/aromatic N) is 1. The van der Waals surface area contributed by atoms with Crippen LogP contribution in [0.25, 0.3) is 0 Å². The topological polar surface area (TPSA) is 72.2 Å². The van der Waals surface area contributed by atoms with Crippen molar-refractivity contribution in [3.05, 3.63) is 110 Å². The minimum atomic E-state index is -0.552. The van der Waals surface area contributed by atoms with Gasteiger partial charge in [0.1, 0.15) is 0 Å². The summed E-state index contributed by atoms with van der Waals surface area (Å²) in [6, 6.07) is 20.7. The summed E-state index contributed by atoms with van der Waals surface area (Å²) in [6.45, 7) is 1.97. The Morgan fingerprint density at radius 2 is 1.70 bits per heavy atom. The van der Waals surface area contributed by atoms with Gasteiger partial charge in [-0.05, 0) is 29.7 Å². The smallest absolute Gasteiger partial charge is 0.270 e. The van der Waals surface area contributed by atoms with Crippen LogP contribution in [0.1, 0.15) is 33.1 Å². The van der Waals surface area contributed by atoms with Gasteiger partial charge in [0.15, 0.2) is 0 Å². The van der Waals surface area contributed by atoms with Gasteiger partial charge in [0.05, 0.1) is 21.6 Å². The van der Waals surface area contributed by atoms with Crippen molar-refractivity contribution in [2.75, 3.05) is 0 Å². The van der Waals surface area contributed by atoms with Gasteiger partial charge in [0, 0.05) is 12.1 Å². The average Bonchev–Trinajstić information content (AvgIpc) is 2.67. The Hall–Kier alpha value is -3.18. The Morgan fingerprint density at radius 3 is 2.37 bits per heavy atom. The van der Waals surface area contributed by atoms with Gasteiger partial charge in [-0.25, -0.2) is 0 Å². The van der Waals surface area contributed by atoms with Crippen LogP contribution in [0.4, 0.5) is 5.69 Å². The zero-order valence-corrected chi connectivity index (χ0v) is 15.3. The van der Waals surface area contributed by atoms with Gasteiger partial charge < -0.3 is 5.32 Å². The van der Waals surface area contributed by atoms with E-state index in [4.69, 9.17) is 11.6 Å². The number of hydrogen-bond acceptors (Lipinski definition) is 3. The van der Waals surface area contributed by atoms with Crippen molar-refractivity contribution in [1.29, 1.82) is 0 Å². The largest absolute Gasteiger partial charge is 0.341 e. The molecule has 136 valence electrons. The quantitative estimate of drug-likeness (QED) is 0.495. The van der Waals surface area contributed by atoms with Crippen molar-refractivity contribution >= 4 is 23.2 Å². The second kappa shape index (κ2) is 8.01. The number of nitro benzene ring substituents is 1. The third kappa shape index (κ3) is 4.15. The molecule has 0 heterocycles. The third-order valence-electron chi connectivity index (χ3n) is 4.31. The van der Waals surface area contributed by atoms with Crippen LogP contribution in [-0.2, 0) is 0 Å². The summed E-state index contributed by atoms with van der Waals surface area (Å²) >= 11 is 6.12. The Labute approximate surface area is 161 Å². The number of carbonyl (C=O) groups is 1. The molecule has 0 unspecified atom stereocenters. The Balaban J connectivity index is 2.00. The summed E-state index contributed by atoms with van der Waals surface area (Å²) < 4.78 is 0. The van der Waals surface area contributed by atoms with Crippen LogP contribution in [0, 0.1) is 17.0 Å². The Morgan fingerprint density at radius 1 is 1.04 bits per heavy atom. The first kappa shape index (κ1) is 18.6. The molecule has 0 saturated heterocycles. The summed E-state index contributed by atoms with van der Waals surface area (Å²) in [7, 11) is 0. The predicted octanol–water partition coefficient (Wildman–Crippen LogP) is 5.08. The number of aryl methyl sites for hydroxylation is 1. The molecule has 1 N–H and O–H groups in total. The van der Waals surface area contributed by atoms with Gasteiger partial charge in [0.2, 0.25) is 0 Å². The number of nitro groups is 1. The van der Waals surface area contributed by atoms with E-state index in [0.717, 1.165) is 16.7 Å². The minimum Gasteiger partial charge on any atom is -0.341 e. The van der Waals surface area contributed by atoms with Crippen molar-refractivity contribution in [2.24, 2.45) is 0 Å². The van der Waals surface area contributed by atoms with E-state index < -0.39 is 16.9 Å². The molecule has 0 saturated carbocycles. The van der Waals surface area contributed by atoms with E-state index in [1.54, 1.807) is 0 Å². The monoisotopic (exact) mass is 380 g/mol. The molecule has 3 rings (SSSR count). The number of nitrogens with one attached hydrogen (secondary N) is 1. The number of rotatable bonds is 5. The van der Waals surface area contributed by atoms with Crippen molar-refractivity contribution < 1.29 is 9.72 Å². The number of carbonyl (C=O) groups excluding carboxylic acids is 1. The number of halogens is 1. The van der Waals surface area contributed by atoms with Gasteiger partial charge >= 0.3 is 0 Å². The molecule has 0 aliphatic carbocycles. The maximum atomic E-state index is 12.9. The van der Waals surface area contributed by atoms with Crippen LogP contribution >= 0.6 is 11.6 Å². The van der Waals surface area contributed by atoms with E-state index in [2.05, 4.69) is 5.32 Å². The van der Waals surface area contributed by atoms with Gasteiger partial charge in [-0.2, -0.15) is 0 Å². The second-order valence-electron chi connectivity index (χ2n) is 6.10. The average molecular weight is 381 g/mol. The lowest BCUT2D eigenvalue weighted by Crippen LogP contribution is -2.30. The summed E-state index contributed by atoms with van der Waals surface area (Å²) in [6.07, 6.45) is 0. The molecule has 0 radical (unpaired) electrons. The fourth-order valence-electron chi connectivity index (χ4n) is 2.91. The lowest BCUT2D eigenvalue weighted by Gasteiger charge is -2.22. The standard InChI is InChI=1S/C21H17ClN2O3/c1-14-7-5-6-10-17(14)20(15-8-3-2-4-9-15)23-21(25)18-13-16(24(26)27)11-12-19(18)22/h2-13,20H,1H3,(H,23,25)/t20-/m0/s1. The maximum absolute atomic E-state index is 12.9. The minimum absolute atomic E-state index is 0.0698. The fourth-order valence-corrected chi connectivity index (χ4v) is 3.11. The molecule has 5 nitrogen and oxygen atoms in total. The van der Waals surface area contributed by atoms with E-state index in [0.29, 0.717) is 0 Å². The third-order valence-corrected chi connectivity index (χ3v) is 4.64. The van der Waals surface area contributed by atoms with Crippen molar-refractivity contribution in [1.82, 2.24) is 5.32 Å². The van der Waals surface area contributed by atoms with E-state index in [-0.39, 0.29) is 16.3 Å². The van der Waals surface area contributed by atoms with Crippen LogP contribution in [0.3, 0.4) is 0 Å².